The Labute approximate surface area is 327 Å². The summed E-state index contributed by atoms with van der Waals surface area (Å²) < 4.78 is 7.18. The maximum absolute atomic E-state index is 3.75. The van der Waals surface area contributed by atoms with Gasteiger partial charge in [0, 0.05) is 0 Å². The molecule has 0 amide bonds. The molecule has 0 spiro atoms. The van der Waals surface area contributed by atoms with E-state index in [-0.39, 0.29) is 21.7 Å². The predicted octanol–water partition coefficient (Wildman–Crippen LogP) is 13.3. The van der Waals surface area contributed by atoms with E-state index in [1.807, 2.05) is 0 Å². The van der Waals surface area contributed by atoms with E-state index in [9.17, 15) is 0 Å². The summed E-state index contributed by atoms with van der Waals surface area (Å²) in [6, 6.07) is 26.2. The molecule has 6 rings (SSSR count). The van der Waals surface area contributed by atoms with Crippen molar-refractivity contribution in [1.29, 1.82) is 0 Å². The fraction of sp³-hybridized carbons (Fsp3) is 0.383. The third kappa shape index (κ3) is 7.32. The van der Waals surface area contributed by atoms with Crippen LogP contribution in [0.25, 0.3) is 11.1 Å². The van der Waals surface area contributed by atoms with Gasteiger partial charge in [0.1, 0.15) is 0 Å². The molecule has 2 aliphatic rings. The van der Waals surface area contributed by atoms with Crippen molar-refractivity contribution in [3.8, 4) is 11.1 Å². The molecule has 0 saturated heterocycles. The summed E-state index contributed by atoms with van der Waals surface area (Å²) in [5.41, 5.74) is 14.9. The van der Waals surface area contributed by atoms with Crippen LogP contribution in [0.3, 0.4) is 0 Å². The fourth-order valence-corrected chi connectivity index (χ4v) is 17.6. The maximum atomic E-state index is 3.75. The predicted molar refractivity (Wildman–Crippen MR) is 222 cm³/mol. The van der Waals surface area contributed by atoms with Crippen LogP contribution in [0.2, 0.25) is 0 Å². The van der Waals surface area contributed by atoms with Crippen molar-refractivity contribution >= 4 is 38.3 Å². The molecule has 0 unspecified atom stereocenters. The van der Waals surface area contributed by atoms with Gasteiger partial charge in [-0.2, -0.15) is 0 Å². The van der Waals surface area contributed by atoms with Crippen molar-refractivity contribution in [3.63, 3.8) is 0 Å². The molecule has 0 aromatic heterocycles. The summed E-state index contributed by atoms with van der Waals surface area (Å²) in [6.07, 6.45) is 9.24. The first-order valence-electron chi connectivity index (χ1n) is 18.2. The molecular formula is C47H54Br2Zr. The second-order valence-corrected chi connectivity index (χ2v) is 26.2. The molecule has 0 aliphatic heterocycles. The third-order valence-corrected chi connectivity index (χ3v) is 19.1. The van der Waals surface area contributed by atoms with Crippen molar-refractivity contribution in [1.82, 2.24) is 0 Å². The van der Waals surface area contributed by atoms with Gasteiger partial charge in [-0.25, -0.2) is 0 Å². The molecule has 2 aliphatic carbocycles. The van der Waals surface area contributed by atoms with Gasteiger partial charge in [-0.05, 0) is 0 Å². The number of hydrogen-bond donors (Lipinski definition) is 0. The summed E-state index contributed by atoms with van der Waals surface area (Å²) in [6.45, 7) is 29.0. The number of benzene rings is 4. The zero-order chi connectivity index (χ0) is 36.6. The molecule has 0 radical (unpaired) electrons. The van der Waals surface area contributed by atoms with E-state index in [2.05, 4.69) is 200 Å². The van der Waals surface area contributed by atoms with E-state index in [0.717, 1.165) is 21.8 Å². The molecule has 4 aromatic rings. The Bertz CT molecular complexity index is 2010. The normalized spacial score (nSPS) is 14.5. The van der Waals surface area contributed by atoms with Crippen molar-refractivity contribution in [2.24, 2.45) is 0 Å². The minimum absolute atomic E-state index is 0.0146. The monoisotopic (exact) mass is 866 g/mol. The topological polar surface area (TPSA) is 0 Å². The van der Waals surface area contributed by atoms with Gasteiger partial charge in [-0.3, -0.25) is 0 Å². The van der Waals surface area contributed by atoms with Crippen molar-refractivity contribution in [3.05, 3.63) is 142 Å². The van der Waals surface area contributed by atoms with Crippen LogP contribution in [0.5, 0.6) is 0 Å². The summed E-state index contributed by atoms with van der Waals surface area (Å²) in [5.74, 6) is 0. The Balaban J connectivity index is 1.85. The number of hydrogen-bond acceptors (Lipinski definition) is 0. The Morgan fingerprint density at radius 3 is 1.50 bits per heavy atom. The standard InChI is InChI=1S/C29H41.C13H8Br2.C5H5.Zr/c1-26(2,3)22-14-18-13-19-15-23(27(4,5)6)25(29(10,11)12)17-21(19)20(18)16-24(22)28(7,8)9;14-12-5-1-10(2-6-12)9-11-3-7-13(15)8-4-11;1-2-4-5-3-1;/h14,16-17H,13H2,1-12H3;1-8H;1-3H,4H2;. The SMILES string of the molecule is CC(C)(C)c1cc2c(cc1C(C)(C)C)-c1cc(C(C)(C)C)c(C(C)(C)C)[c]([Zr]([C]3=CC=CC3)=[C](c3ccc(Br)cc3)c3ccc(Br)cc3)c1C2. The van der Waals surface area contributed by atoms with Crippen LogP contribution in [0.15, 0.2) is 97.2 Å². The first-order valence-corrected chi connectivity index (χ1v) is 23.5. The Morgan fingerprint density at radius 2 is 1.06 bits per heavy atom. The summed E-state index contributed by atoms with van der Waals surface area (Å²) in [4.78, 5) is 0. The van der Waals surface area contributed by atoms with Crippen LogP contribution in [0.4, 0.5) is 0 Å². The third-order valence-electron chi connectivity index (χ3n) is 10.4. The van der Waals surface area contributed by atoms with E-state index in [1.165, 1.54) is 44.5 Å². The zero-order valence-electron chi connectivity index (χ0n) is 32.3. The van der Waals surface area contributed by atoms with Crippen LogP contribution in [0, 0.1) is 0 Å². The van der Waals surface area contributed by atoms with Gasteiger partial charge in [-0.1, -0.05) is 0 Å². The first-order chi connectivity index (χ1) is 23.2. The zero-order valence-corrected chi connectivity index (χ0v) is 37.9. The summed E-state index contributed by atoms with van der Waals surface area (Å²) in [5, 5.41) is 0. The van der Waals surface area contributed by atoms with Gasteiger partial charge < -0.3 is 0 Å². The summed E-state index contributed by atoms with van der Waals surface area (Å²) in [7, 11) is 0. The number of halogens is 2. The van der Waals surface area contributed by atoms with Crippen LogP contribution < -0.4 is 3.27 Å². The van der Waals surface area contributed by atoms with E-state index in [1.54, 1.807) is 20.9 Å². The first kappa shape index (κ1) is 37.8. The average molecular weight is 870 g/mol. The molecule has 0 nitrogen and oxygen atoms in total. The van der Waals surface area contributed by atoms with Gasteiger partial charge >= 0.3 is 330 Å². The minimum atomic E-state index is -2.96. The molecule has 0 atom stereocenters. The molecule has 50 heavy (non-hydrogen) atoms. The fourth-order valence-electron chi connectivity index (χ4n) is 8.03. The second kappa shape index (κ2) is 13.5. The second-order valence-electron chi connectivity index (χ2n) is 18.5. The van der Waals surface area contributed by atoms with Gasteiger partial charge in [0.2, 0.25) is 0 Å². The van der Waals surface area contributed by atoms with Crippen LogP contribution >= 0.6 is 31.9 Å². The Kier molecular flexibility index (Phi) is 10.2. The van der Waals surface area contributed by atoms with E-state index in [0.29, 0.717) is 0 Å². The van der Waals surface area contributed by atoms with E-state index >= 15 is 0 Å². The van der Waals surface area contributed by atoms with Gasteiger partial charge in [-0.15, -0.1) is 0 Å². The molecule has 3 heteroatoms. The van der Waals surface area contributed by atoms with Gasteiger partial charge in [0.15, 0.2) is 0 Å². The molecule has 0 fully saturated rings. The van der Waals surface area contributed by atoms with Gasteiger partial charge in [0.05, 0.1) is 0 Å². The molecule has 0 heterocycles. The molecule has 0 bridgehead atoms. The van der Waals surface area contributed by atoms with Crippen LogP contribution in [0.1, 0.15) is 134 Å². The number of fused-ring (bicyclic) bond motifs is 3. The quantitative estimate of drug-likeness (QED) is 0.169. The molecule has 0 N–H and O–H groups in total. The summed E-state index contributed by atoms with van der Waals surface area (Å²) >= 11 is 4.55. The number of rotatable bonds is 4. The van der Waals surface area contributed by atoms with E-state index in [4.69, 9.17) is 0 Å². The number of allylic oxidation sites excluding steroid dienone is 4. The molecule has 260 valence electrons. The Morgan fingerprint density at radius 1 is 0.580 bits per heavy atom. The van der Waals surface area contributed by atoms with E-state index < -0.39 is 21.3 Å². The molecular weight excluding hydrogens is 816 g/mol. The Hall–Kier alpha value is -1.93. The van der Waals surface area contributed by atoms with Crippen molar-refractivity contribution in [2.45, 2.75) is 118 Å². The van der Waals surface area contributed by atoms with Crippen molar-refractivity contribution in [2.75, 3.05) is 0 Å². The molecule has 0 saturated carbocycles. The average Bonchev–Trinajstić information content (AvgIpc) is 3.66. The van der Waals surface area contributed by atoms with Crippen LogP contribution in [-0.4, -0.2) is 3.21 Å². The van der Waals surface area contributed by atoms with Crippen molar-refractivity contribution < 1.29 is 21.3 Å². The molecule has 4 aromatic carbocycles. The van der Waals surface area contributed by atoms with Gasteiger partial charge in [0.25, 0.3) is 0 Å². The van der Waals surface area contributed by atoms with Crippen LogP contribution in [-0.2, 0) is 49.3 Å².